The Balaban J connectivity index is 2.35. The van der Waals surface area contributed by atoms with Crippen molar-refractivity contribution in [3.63, 3.8) is 0 Å². The van der Waals surface area contributed by atoms with Crippen LogP contribution in [0, 0.1) is 5.92 Å². The highest BCUT2D eigenvalue weighted by Gasteiger charge is 2.26. The zero-order valence-corrected chi connectivity index (χ0v) is 12.5. The number of amides is 1. The van der Waals surface area contributed by atoms with E-state index < -0.39 is 0 Å². The average Bonchev–Trinajstić information content (AvgIpc) is 2.40. The van der Waals surface area contributed by atoms with Gasteiger partial charge in [-0.05, 0) is 41.9 Å². The van der Waals surface area contributed by atoms with Gasteiger partial charge in [0.1, 0.15) is 0 Å². The molecule has 1 aliphatic rings. The number of benzene rings is 1. The molecule has 104 valence electrons. The van der Waals surface area contributed by atoms with Gasteiger partial charge in [-0.3, -0.25) is 4.79 Å². The molecule has 2 atom stereocenters. The Bertz CT molecular complexity index is 464. The summed E-state index contributed by atoms with van der Waals surface area (Å²) < 4.78 is 0. The fraction of sp³-hybridized carbons (Fsp3) is 0.588. The van der Waals surface area contributed by atoms with Crippen molar-refractivity contribution in [2.75, 3.05) is 6.54 Å². The Hall–Kier alpha value is -1.31. The summed E-state index contributed by atoms with van der Waals surface area (Å²) in [6, 6.07) is 6.49. The van der Waals surface area contributed by atoms with E-state index in [4.69, 9.17) is 0 Å². The van der Waals surface area contributed by atoms with E-state index in [0.717, 1.165) is 24.9 Å². The van der Waals surface area contributed by atoms with Crippen LogP contribution in [0.15, 0.2) is 18.2 Å². The monoisotopic (exact) mass is 259 g/mol. The minimum Gasteiger partial charge on any atom is -0.351 e. The van der Waals surface area contributed by atoms with Crippen LogP contribution in [0.2, 0.25) is 0 Å². The SMILES string of the molecule is CCC(C)c1ccc2c(c1)C(=O)NCC2CC(C)C. The third-order valence-electron chi connectivity index (χ3n) is 4.21. The fourth-order valence-electron chi connectivity index (χ4n) is 2.87. The third-order valence-corrected chi connectivity index (χ3v) is 4.21. The topological polar surface area (TPSA) is 29.1 Å². The van der Waals surface area contributed by atoms with E-state index in [1.807, 2.05) is 0 Å². The van der Waals surface area contributed by atoms with Crippen molar-refractivity contribution < 1.29 is 4.79 Å². The summed E-state index contributed by atoms with van der Waals surface area (Å²) in [5.41, 5.74) is 3.42. The van der Waals surface area contributed by atoms with E-state index in [1.54, 1.807) is 0 Å². The lowest BCUT2D eigenvalue weighted by atomic mass is 9.83. The smallest absolute Gasteiger partial charge is 0.251 e. The van der Waals surface area contributed by atoms with Gasteiger partial charge in [0.25, 0.3) is 5.91 Å². The molecule has 2 unspecified atom stereocenters. The van der Waals surface area contributed by atoms with E-state index >= 15 is 0 Å². The van der Waals surface area contributed by atoms with Gasteiger partial charge in [0.15, 0.2) is 0 Å². The van der Waals surface area contributed by atoms with Gasteiger partial charge in [0.05, 0.1) is 0 Å². The molecule has 0 saturated heterocycles. The van der Waals surface area contributed by atoms with Crippen LogP contribution in [0.1, 0.15) is 73.9 Å². The highest BCUT2D eigenvalue weighted by Crippen LogP contribution is 2.31. The molecular weight excluding hydrogens is 234 g/mol. The van der Waals surface area contributed by atoms with Crippen LogP contribution in [-0.4, -0.2) is 12.5 Å². The Morgan fingerprint density at radius 1 is 1.32 bits per heavy atom. The van der Waals surface area contributed by atoms with Crippen molar-refractivity contribution in [3.05, 3.63) is 34.9 Å². The second-order valence-corrected chi connectivity index (χ2v) is 6.19. The van der Waals surface area contributed by atoms with E-state index in [2.05, 4.69) is 51.2 Å². The van der Waals surface area contributed by atoms with Crippen LogP contribution in [0.4, 0.5) is 0 Å². The molecule has 2 rings (SSSR count). The second kappa shape index (κ2) is 5.77. The fourth-order valence-corrected chi connectivity index (χ4v) is 2.87. The van der Waals surface area contributed by atoms with Gasteiger partial charge in [-0.1, -0.05) is 39.8 Å². The first-order valence-corrected chi connectivity index (χ1v) is 7.45. The zero-order chi connectivity index (χ0) is 14.0. The average molecular weight is 259 g/mol. The Morgan fingerprint density at radius 3 is 2.68 bits per heavy atom. The highest BCUT2D eigenvalue weighted by molar-refractivity contribution is 5.97. The normalized spacial score (nSPS) is 20.1. The lowest BCUT2D eigenvalue weighted by molar-refractivity contribution is 0.0938. The third kappa shape index (κ3) is 2.99. The van der Waals surface area contributed by atoms with E-state index in [1.165, 1.54) is 11.1 Å². The van der Waals surface area contributed by atoms with Crippen molar-refractivity contribution in [2.24, 2.45) is 5.92 Å². The second-order valence-electron chi connectivity index (χ2n) is 6.19. The molecule has 0 aliphatic carbocycles. The molecule has 19 heavy (non-hydrogen) atoms. The molecule has 1 aromatic carbocycles. The molecule has 0 fully saturated rings. The Morgan fingerprint density at radius 2 is 2.05 bits per heavy atom. The number of hydrogen-bond acceptors (Lipinski definition) is 1. The van der Waals surface area contributed by atoms with Gasteiger partial charge in [0, 0.05) is 18.0 Å². The molecule has 0 spiro atoms. The van der Waals surface area contributed by atoms with Gasteiger partial charge in [-0.15, -0.1) is 0 Å². The lowest BCUT2D eigenvalue weighted by Gasteiger charge is -2.28. The zero-order valence-electron chi connectivity index (χ0n) is 12.5. The van der Waals surface area contributed by atoms with Gasteiger partial charge in [0.2, 0.25) is 0 Å². The maximum absolute atomic E-state index is 12.1. The van der Waals surface area contributed by atoms with Crippen LogP contribution < -0.4 is 5.32 Å². The molecule has 1 N–H and O–H groups in total. The molecule has 1 aliphatic heterocycles. The number of carbonyl (C=O) groups is 1. The van der Waals surface area contributed by atoms with Gasteiger partial charge in [-0.25, -0.2) is 0 Å². The molecule has 2 nitrogen and oxygen atoms in total. The van der Waals surface area contributed by atoms with Crippen LogP contribution in [0.3, 0.4) is 0 Å². The Labute approximate surface area is 116 Å². The summed E-state index contributed by atoms with van der Waals surface area (Å²) in [6.07, 6.45) is 2.24. The molecule has 1 aromatic rings. The van der Waals surface area contributed by atoms with E-state index in [9.17, 15) is 4.79 Å². The minimum atomic E-state index is 0.0974. The van der Waals surface area contributed by atoms with Crippen molar-refractivity contribution in [1.29, 1.82) is 0 Å². The standard InChI is InChI=1S/C17H25NO/c1-5-12(4)13-6-7-15-14(8-11(2)3)10-18-17(19)16(15)9-13/h6-7,9,11-12,14H,5,8,10H2,1-4H3,(H,18,19). The van der Waals surface area contributed by atoms with Crippen LogP contribution in [0.5, 0.6) is 0 Å². The summed E-state index contributed by atoms with van der Waals surface area (Å²) in [7, 11) is 0. The lowest BCUT2D eigenvalue weighted by Crippen LogP contribution is -2.35. The van der Waals surface area contributed by atoms with Gasteiger partial charge >= 0.3 is 0 Å². The molecule has 1 heterocycles. The van der Waals surface area contributed by atoms with Crippen molar-refractivity contribution in [2.45, 2.75) is 52.4 Å². The Kier molecular flexibility index (Phi) is 4.28. The predicted octanol–water partition coefficient (Wildman–Crippen LogP) is 4.07. The van der Waals surface area contributed by atoms with Gasteiger partial charge < -0.3 is 5.32 Å². The molecule has 0 saturated carbocycles. The molecule has 2 heteroatoms. The van der Waals surface area contributed by atoms with Crippen LogP contribution >= 0.6 is 0 Å². The number of hydrogen-bond donors (Lipinski definition) is 1. The largest absolute Gasteiger partial charge is 0.351 e. The summed E-state index contributed by atoms with van der Waals surface area (Å²) in [4.78, 5) is 12.1. The van der Waals surface area contributed by atoms with Crippen molar-refractivity contribution in [1.82, 2.24) is 5.32 Å². The van der Waals surface area contributed by atoms with Crippen LogP contribution in [-0.2, 0) is 0 Å². The predicted molar refractivity (Wildman–Crippen MR) is 79.7 cm³/mol. The summed E-state index contributed by atoms with van der Waals surface area (Å²) in [5, 5.41) is 3.04. The van der Waals surface area contributed by atoms with Crippen molar-refractivity contribution in [3.8, 4) is 0 Å². The quantitative estimate of drug-likeness (QED) is 0.867. The highest BCUT2D eigenvalue weighted by atomic mass is 16.1. The first-order valence-electron chi connectivity index (χ1n) is 7.45. The maximum Gasteiger partial charge on any atom is 0.251 e. The molecular formula is C17H25NO. The van der Waals surface area contributed by atoms with E-state index in [-0.39, 0.29) is 5.91 Å². The first kappa shape index (κ1) is 14.1. The summed E-state index contributed by atoms with van der Waals surface area (Å²) in [5.74, 6) is 1.74. The molecule has 0 radical (unpaired) electrons. The minimum absolute atomic E-state index is 0.0974. The van der Waals surface area contributed by atoms with Gasteiger partial charge in [-0.2, -0.15) is 0 Å². The summed E-state index contributed by atoms with van der Waals surface area (Å²) in [6.45, 7) is 9.67. The molecule has 0 bridgehead atoms. The number of nitrogens with one attached hydrogen (secondary N) is 1. The number of rotatable bonds is 4. The van der Waals surface area contributed by atoms with Crippen molar-refractivity contribution >= 4 is 5.91 Å². The number of fused-ring (bicyclic) bond motifs is 1. The van der Waals surface area contributed by atoms with E-state index in [0.29, 0.717) is 17.8 Å². The first-order chi connectivity index (χ1) is 9.02. The summed E-state index contributed by atoms with van der Waals surface area (Å²) >= 11 is 0. The molecule has 0 aromatic heterocycles. The number of carbonyl (C=O) groups excluding carboxylic acids is 1. The molecule has 1 amide bonds. The maximum atomic E-state index is 12.1. The van der Waals surface area contributed by atoms with Crippen LogP contribution in [0.25, 0.3) is 0 Å².